The van der Waals surface area contributed by atoms with Crippen LogP contribution < -0.4 is 4.40 Å². The van der Waals surface area contributed by atoms with Gasteiger partial charge in [-0.3, -0.25) is 0 Å². The molecule has 0 unspecified atom stereocenters. The molecule has 0 saturated heterocycles. The van der Waals surface area contributed by atoms with Crippen LogP contribution in [0.5, 0.6) is 0 Å². The van der Waals surface area contributed by atoms with Crippen LogP contribution in [0.3, 0.4) is 0 Å². The standard InChI is InChI=1S/C6H4BrN3.BrH/c7-5-3-9-6-8-1-2-10(6)4-5;/h1-4H;1H/p+1. The molecule has 0 spiro atoms. The Balaban J connectivity index is 0.000000605. The fourth-order valence-electron chi connectivity index (χ4n) is 0.834. The maximum Gasteiger partial charge on any atom is 0.400 e. The molecule has 0 aliphatic rings. The summed E-state index contributed by atoms with van der Waals surface area (Å²) in [5, 5.41) is 0. The van der Waals surface area contributed by atoms with E-state index in [1.54, 1.807) is 6.20 Å². The first-order valence-corrected chi connectivity index (χ1v) is 3.65. The molecule has 0 aliphatic heterocycles. The average Bonchev–Trinajstić information content (AvgIpc) is 2.33. The molecule has 0 radical (unpaired) electrons. The quantitative estimate of drug-likeness (QED) is 0.729. The lowest BCUT2D eigenvalue weighted by Crippen LogP contribution is -2.18. The van der Waals surface area contributed by atoms with Crippen molar-refractivity contribution in [3.05, 3.63) is 29.3 Å². The van der Waals surface area contributed by atoms with Gasteiger partial charge >= 0.3 is 5.78 Å². The predicted molar refractivity (Wildman–Crippen MR) is 49.8 cm³/mol. The number of aromatic nitrogens is 3. The van der Waals surface area contributed by atoms with Gasteiger partial charge in [-0.15, -0.1) is 17.0 Å². The van der Waals surface area contributed by atoms with E-state index in [1.165, 1.54) is 0 Å². The molecule has 5 heteroatoms. The number of imidazole rings is 1. The van der Waals surface area contributed by atoms with Gasteiger partial charge < -0.3 is 0 Å². The normalized spacial score (nSPS) is 9.55. The number of hydrogen-bond donors (Lipinski definition) is 1. The Hall–Kier alpha value is -0.420. The zero-order valence-corrected chi connectivity index (χ0v) is 8.79. The summed E-state index contributed by atoms with van der Waals surface area (Å²) < 4.78 is 2.88. The number of hydrogen-bond acceptors (Lipinski definition) is 1. The van der Waals surface area contributed by atoms with Crippen molar-refractivity contribution in [1.82, 2.24) is 9.97 Å². The van der Waals surface area contributed by atoms with Gasteiger partial charge in [0, 0.05) is 0 Å². The van der Waals surface area contributed by atoms with E-state index >= 15 is 0 Å². The lowest BCUT2D eigenvalue weighted by molar-refractivity contribution is -0.513. The second-order valence-corrected chi connectivity index (χ2v) is 2.88. The van der Waals surface area contributed by atoms with Crippen LogP contribution in [0.1, 0.15) is 0 Å². The molecule has 1 N–H and O–H groups in total. The van der Waals surface area contributed by atoms with E-state index in [1.807, 2.05) is 23.0 Å². The minimum absolute atomic E-state index is 0. The summed E-state index contributed by atoms with van der Waals surface area (Å²) in [6, 6.07) is 0. The Labute approximate surface area is 82.4 Å². The minimum Gasteiger partial charge on any atom is -0.245 e. The van der Waals surface area contributed by atoms with Crippen LogP contribution in [0, 0.1) is 0 Å². The predicted octanol–water partition coefficient (Wildman–Crippen LogP) is 1.49. The molecular weight excluding hydrogens is 274 g/mol. The number of aromatic amines is 1. The molecule has 0 atom stereocenters. The SMILES string of the molecule is Br.Brc1cnc2[nH]cc[n+]2c1. The van der Waals surface area contributed by atoms with Crippen molar-refractivity contribution >= 4 is 38.7 Å². The third kappa shape index (κ3) is 1.59. The Bertz CT molecular complexity index is 357. The van der Waals surface area contributed by atoms with Gasteiger partial charge in [-0.1, -0.05) is 4.98 Å². The maximum absolute atomic E-state index is 4.10. The van der Waals surface area contributed by atoms with Crippen LogP contribution in [0.25, 0.3) is 5.78 Å². The minimum atomic E-state index is 0. The molecule has 2 heterocycles. The van der Waals surface area contributed by atoms with Crippen LogP contribution >= 0.6 is 32.9 Å². The molecule has 0 bridgehead atoms. The van der Waals surface area contributed by atoms with E-state index < -0.39 is 0 Å². The largest absolute Gasteiger partial charge is 0.400 e. The summed E-state index contributed by atoms with van der Waals surface area (Å²) in [5.41, 5.74) is 0. The van der Waals surface area contributed by atoms with Gasteiger partial charge in [0.25, 0.3) is 0 Å². The lowest BCUT2D eigenvalue weighted by Gasteiger charge is -1.82. The van der Waals surface area contributed by atoms with Crippen molar-refractivity contribution in [3.63, 3.8) is 0 Å². The summed E-state index contributed by atoms with van der Waals surface area (Å²) in [6.07, 6.45) is 7.45. The van der Waals surface area contributed by atoms with E-state index in [9.17, 15) is 0 Å². The number of fused-ring (bicyclic) bond motifs is 1. The molecule has 0 aromatic carbocycles. The first-order chi connectivity index (χ1) is 4.86. The van der Waals surface area contributed by atoms with E-state index in [0.29, 0.717) is 0 Å². The third-order valence-electron chi connectivity index (χ3n) is 1.26. The number of nitrogens with one attached hydrogen (secondary N) is 1. The van der Waals surface area contributed by atoms with Crippen molar-refractivity contribution < 1.29 is 4.40 Å². The molecule has 0 saturated carbocycles. The average molecular weight is 280 g/mol. The van der Waals surface area contributed by atoms with Crippen molar-refractivity contribution in [2.24, 2.45) is 0 Å². The van der Waals surface area contributed by atoms with E-state index in [2.05, 4.69) is 25.9 Å². The van der Waals surface area contributed by atoms with Crippen molar-refractivity contribution in [2.75, 3.05) is 0 Å². The zero-order chi connectivity index (χ0) is 6.97. The molecule has 58 valence electrons. The van der Waals surface area contributed by atoms with Crippen LogP contribution in [0.2, 0.25) is 0 Å². The van der Waals surface area contributed by atoms with Gasteiger partial charge in [-0.05, 0) is 15.9 Å². The topological polar surface area (TPSA) is 32.8 Å². The Morgan fingerprint density at radius 3 is 3.18 bits per heavy atom. The van der Waals surface area contributed by atoms with Crippen molar-refractivity contribution in [1.29, 1.82) is 0 Å². The molecule has 0 aliphatic carbocycles. The van der Waals surface area contributed by atoms with Crippen LogP contribution in [0.4, 0.5) is 0 Å². The molecule has 0 fully saturated rings. The zero-order valence-electron chi connectivity index (χ0n) is 5.49. The van der Waals surface area contributed by atoms with Crippen molar-refractivity contribution in [2.45, 2.75) is 0 Å². The highest BCUT2D eigenvalue weighted by Crippen LogP contribution is 2.02. The molecule has 2 rings (SSSR count). The van der Waals surface area contributed by atoms with Gasteiger partial charge in [0.05, 0.1) is 16.9 Å². The molecule has 11 heavy (non-hydrogen) atoms. The van der Waals surface area contributed by atoms with Gasteiger partial charge in [0.1, 0.15) is 12.4 Å². The molecule has 3 nitrogen and oxygen atoms in total. The smallest absolute Gasteiger partial charge is 0.245 e. The molecular formula is C6H6Br2N3+. The maximum atomic E-state index is 4.10. The highest BCUT2D eigenvalue weighted by Gasteiger charge is 2.01. The number of halogens is 2. The Kier molecular flexibility index (Phi) is 2.62. The van der Waals surface area contributed by atoms with Gasteiger partial charge in [-0.25, -0.2) is 9.38 Å². The summed E-state index contributed by atoms with van der Waals surface area (Å²) in [7, 11) is 0. The monoisotopic (exact) mass is 278 g/mol. The summed E-state index contributed by atoms with van der Waals surface area (Å²) in [6.45, 7) is 0. The number of nitrogens with zero attached hydrogens (tertiary/aromatic N) is 2. The van der Waals surface area contributed by atoms with Gasteiger partial charge in [0.2, 0.25) is 0 Å². The molecule has 2 aromatic heterocycles. The van der Waals surface area contributed by atoms with E-state index in [-0.39, 0.29) is 17.0 Å². The highest BCUT2D eigenvalue weighted by atomic mass is 79.9. The van der Waals surface area contributed by atoms with Crippen molar-refractivity contribution in [3.8, 4) is 0 Å². The summed E-state index contributed by atoms with van der Waals surface area (Å²) in [4.78, 5) is 7.08. The summed E-state index contributed by atoms with van der Waals surface area (Å²) in [5.74, 6) is 0.850. The van der Waals surface area contributed by atoms with Gasteiger partial charge in [0.15, 0.2) is 0 Å². The van der Waals surface area contributed by atoms with Gasteiger partial charge in [-0.2, -0.15) is 0 Å². The fourth-order valence-corrected chi connectivity index (χ4v) is 1.16. The van der Waals surface area contributed by atoms with Crippen LogP contribution in [-0.2, 0) is 0 Å². The highest BCUT2D eigenvalue weighted by molar-refractivity contribution is 9.10. The Morgan fingerprint density at radius 2 is 2.36 bits per heavy atom. The van der Waals surface area contributed by atoms with Crippen LogP contribution in [0.15, 0.2) is 29.3 Å². The lowest BCUT2D eigenvalue weighted by atomic mass is 10.7. The fraction of sp³-hybridized carbons (Fsp3) is 0. The number of H-pyrrole nitrogens is 1. The van der Waals surface area contributed by atoms with E-state index in [4.69, 9.17) is 0 Å². The first-order valence-electron chi connectivity index (χ1n) is 2.86. The first kappa shape index (κ1) is 8.67. The molecule has 2 aromatic rings. The number of rotatable bonds is 0. The van der Waals surface area contributed by atoms with Crippen LogP contribution in [-0.4, -0.2) is 9.97 Å². The second-order valence-electron chi connectivity index (χ2n) is 1.96. The Morgan fingerprint density at radius 1 is 1.55 bits per heavy atom. The molecule has 0 amide bonds. The second kappa shape index (κ2) is 3.32. The third-order valence-corrected chi connectivity index (χ3v) is 1.67. The van der Waals surface area contributed by atoms with E-state index in [0.717, 1.165) is 10.3 Å². The summed E-state index contributed by atoms with van der Waals surface area (Å²) >= 11 is 3.32.